The number of carbonyl (C=O) groups excluding carboxylic acids is 1. The number of sulfone groups is 1. The second kappa shape index (κ2) is 10.6. The Balaban J connectivity index is 1.93. The number of hydrogen-bond acceptors (Lipinski definition) is 7. The summed E-state index contributed by atoms with van der Waals surface area (Å²) in [6, 6.07) is 14.1. The Morgan fingerprint density at radius 1 is 1.03 bits per heavy atom. The molecule has 0 aliphatic rings. The predicted molar refractivity (Wildman–Crippen MR) is 130 cm³/mol. The lowest BCUT2D eigenvalue weighted by molar-refractivity contribution is -0.116. The van der Waals surface area contributed by atoms with Crippen molar-refractivity contribution in [2.45, 2.75) is 23.6 Å². The summed E-state index contributed by atoms with van der Waals surface area (Å²) in [4.78, 5) is 22.9. The maximum Gasteiger partial charge on any atom is 0.244 e. The first-order valence-corrected chi connectivity index (χ1v) is 13.8. The van der Waals surface area contributed by atoms with E-state index in [2.05, 4.69) is 18.7 Å². The molecular formula is C22H27N3O3S3. The summed E-state index contributed by atoms with van der Waals surface area (Å²) in [5.41, 5.74) is 0.849. The molecule has 1 aromatic heterocycles. The Morgan fingerprint density at radius 2 is 1.74 bits per heavy atom. The van der Waals surface area contributed by atoms with Gasteiger partial charge in [0.15, 0.2) is 15.0 Å². The average molecular weight is 478 g/mol. The van der Waals surface area contributed by atoms with Gasteiger partial charge in [0, 0.05) is 18.0 Å². The van der Waals surface area contributed by atoms with Crippen LogP contribution in [0.1, 0.15) is 13.8 Å². The van der Waals surface area contributed by atoms with E-state index < -0.39 is 21.5 Å². The second-order valence-corrected chi connectivity index (χ2v) is 10.8. The van der Waals surface area contributed by atoms with Crippen LogP contribution in [0.25, 0.3) is 10.2 Å². The molecule has 0 spiro atoms. The number of aromatic nitrogens is 1. The van der Waals surface area contributed by atoms with Crippen LogP contribution >= 0.6 is 23.1 Å². The minimum absolute atomic E-state index is 0.154. The first-order chi connectivity index (χ1) is 14.9. The molecule has 0 unspecified atom stereocenters. The van der Waals surface area contributed by atoms with E-state index >= 15 is 0 Å². The Kier molecular flexibility index (Phi) is 8.10. The molecular weight excluding hydrogens is 450 g/mol. The van der Waals surface area contributed by atoms with Crippen LogP contribution < -0.4 is 4.90 Å². The predicted octanol–water partition coefficient (Wildman–Crippen LogP) is 4.17. The zero-order valence-corrected chi connectivity index (χ0v) is 20.4. The van der Waals surface area contributed by atoms with E-state index in [0.29, 0.717) is 18.2 Å². The summed E-state index contributed by atoms with van der Waals surface area (Å²) in [6.07, 6.45) is 1.99. The molecule has 3 aromatic rings. The van der Waals surface area contributed by atoms with Gasteiger partial charge in [0.05, 0.1) is 15.1 Å². The standard InChI is InChI=1S/C22H27N3O3S3/c1-4-24(5-2)14-15-25(20(26)16-31(27,28)17-10-7-6-8-11-17)22-23-21-18(29-3)12-9-13-19(21)30-22/h6-13H,4-5,14-16H2,1-3H3. The number of benzene rings is 2. The van der Waals surface area contributed by atoms with Crippen molar-refractivity contribution < 1.29 is 13.2 Å². The van der Waals surface area contributed by atoms with Gasteiger partial charge in [-0.05, 0) is 43.6 Å². The molecule has 9 heteroatoms. The van der Waals surface area contributed by atoms with Crippen molar-refractivity contribution in [2.75, 3.05) is 43.1 Å². The summed E-state index contributed by atoms with van der Waals surface area (Å²) in [5, 5.41) is 0.539. The topological polar surface area (TPSA) is 70.6 Å². The summed E-state index contributed by atoms with van der Waals surface area (Å²) in [7, 11) is -3.74. The Bertz CT molecular complexity index is 1130. The first-order valence-electron chi connectivity index (χ1n) is 10.1. The lowest BCUT2D eigenvalue weighted by atomic mass is 10.3. The number of rotatable bonds is 10. The number of amides is 1. The highest BCUT2D eigenvalue weighted by molar-refractivity contribution is 7.98. The number of fused-ring (bicyclic) bond motifs is 1. The SMILES string of the molecule is CCN(CC)CCN(C(=O)CS(=O)(=O)c1ccccc1)c1nc2c(SC)cccc2s1. The molecule has 0 bridgehead atoms. The van der Waals surface area contributed by atoms with Gasteiger partial charge in [-0.2, -0.15) is 0 Å². The molecule has 0 atom stereocenters. The minimum atomic E-state index is -3.74. The van der Waals surface area contributed by atoms with Crippen molar-refractivity contribution >= 4 is 54.2 Å². The maximum absolute atomic E-state index is 13.2. The van der Waals surface area contributed by atoms with Crippen molar-refractivity contribution in [3.05, 3.63) is 48.5 Å². The van der Waals surface area contributed by atoms with Crippen molar-refractivity contribution in [3.63, 3.8) is 0 Å². The van der Waals surface area contributed by atoms with Gasteiger partial charge < -0.3 is 4.90 Å². The fourth-order valence-electron chi connectivity index (χ4n) is 3.25. The van der Waals surface area contributed by atoms with Crippen molar-refractivity contribution in [1.82, 2.24) is 9.88 Å². The van der Waals surface area contributed by atoms with Crippen LogP contribution in [0, 0.1) is 0 Å². The monoisotopic (exact) mass is 477 g/mol. The van der Waals surface area contributed by atoms with Crippen LogP contribution in [0.3, 0.4) is 0 Å². The number of carbonyl (C=O) groups is 1. The Labute approximate surface area is 192 Å². The molecule has 0 aliphatic carbocycles. The van der Waals surface area contributed by atoms with E-state index in [1.54, 1.807) is 30.0 Å². The molecule has 31 heavy (non-hydrogen) atoms. The molecule has 0 saturated carbocycles. The quantitative estimate of drug-likeness (QED) is 0.408. The molecule has 1 amide bonds. The lowest BCUT2D eigenvalue weighted by Crippen LogP contribution is -2.41. The van der Waals surface area contributed by atoms with Gasteiger partial charge in [-0.3, -0.25) is 9.69 Å². The zero-order chi connectivity index (χ0) is 22.4. The molecule has 166 valence electrons. The van der Waals surface area contributed by atoms with Crippen molar-refractivity contribution in [3.8, 4) is 0 Å². The minimum Gasteiger partial charge on any atom is -0.302 e. The molecule has 1 heterocycles. The maximum atomic E-state index is 13.2. The normalized spacial score (nSPS) is 11.9. The summed E-state index contributed by atoms with van der Waals surface area (Å²) in [6.45, 7) is 6.89. The van der Waals surface area contributed by atoms with Gasteiger partial charge in [-0.25, -0.2) is 13.4 Å². The number of thiazole rings is 1. The number of nitrogens with zero attached hydrogens (tertiary/aromatic N) is 3. The van der Waals surface area contributed by atoms with Crippen LogP contribution in [-0.2, 0) is 14.6 Å². The third kappa shape index (κ3) is 5.65. The zero-order valence-electron chi connectivity index (χ0n) is 17.9. The fourth-order valence-corrected chi connectivity index (χ4v) is 6.14. The van der Waals surface area contributed by atoms with Crippen LogP contribution in [0.15, 0.2) is 58.3 Å². The van der Waals surface area contributed by atoms with Crippen molar-refractivity contribution in [1.29, 1.82) is 0 Å². The number of anilines is 1. The van der Waals surface area contributed by atoms with E-state index in [4.69, 9.17) is 4.98 Å². The molecule has 2 aromatic carbocycles. The van der Waals surface area contributed by atoms with Gasteiger partial charge in [0.2, 0.25) is 5.91 Å². The van der Waals surface area contributed by atoms with Gasteiger partial charge in [0.1, 0.15) is 5.75 Å². The fraction of sp³-hybridized carbons (Fsp3) is 0.364. The average Bonchev–Trinajstić information content (AvgIpc) is 3.21. The number of thioether (sulfide) groups is 1. The molecule has 0 radical (unpaired) electrons. The van der Waals surface area contributed by atoms with E-state index in [-0.39, 0.29) is 4.90 Å². The summed E-state index contributed by atoms with van der Waals surface area (Å²) < 4.78 is 26.6. The van der Waals surface area contributed by atoms with Gasteiger partial charge >= 0.3 is 0 Å². The smallest absolute Gasteiger partial charge is 0.244 e. The third-order valence-corrected chi connectivity index (χ3v) is 8.50. The number of hydrogen-bond donors (Lipinski definition) is 0. The number of para-hydroxylation sites is 1. The molecule has 0 fully saturated rings. The van der Waals surface area contributed by atoms with Crippen LogP contribution in [-0.4, -0.2) is 62.4 Å². The van der Waals surface area contributed by atoms with Gasteiger partial charge in [-0.15, -0.1) is 11.8 Å². The van der Waals surface area contributed by atoms with Crippen molar-refractivity contribution in [2.24, 2.45) is 0 Å². The molecule has 6 nitrogen and oxygen atoms in total. The highest BCUT2D eigenvalue weighted by atomic mass is 32.2. The summed E-state index contributed by atoms with van der Waals surface area (Å²) in [5.74, 6) is -1.04. The van der Waals surface area contributed by atoms with E-state index in [1.807, 2.05) is 24.5 Å². The largest absolute Gasteiger partial charge is 0.302 e. The lowest BCUT2D eigenvalue weighted by Gasteiger charge is -2.24. The molecule has 0 aliphatic heterocycles. The van der Waals surface area contributed by atoms with Gasteiger partial charge in [0.25, 0.3) is 0 Å². The van der Waals surface area contributed by atoms with E-state index in [9.17, 15) is 13.2 Å². The van der Waals surface area contributed by atoms with Crippen LogP contribution in [0.5, 0.6) is 0 Å². The summed E-state index contributed by atoms with van der Waals surface area (Å²) >= 11 is 3.02. The third-order valence-electron chi connectivity index (χ3n) is 5.07. The Morgan fingerprint density at radius 3 is 2.39 bits per heavy atom. The first kappa shape index (κ1) is 23.7. The molecule has 0 saturated heterocycles. The Hall–Kier alpha value is -1.94. The second-order valence-electron chi connectivity index (χ2n) is 6.95. The van der Waals surface area contributed by atoms with E-state index in [0.717, 1.165) is 28.2 Å². The van der Waals surface area contributed by atoms with Crippen LogP contribution in [0.2, 0.25) is 0 Å². The number of likely N-dealkylation sites (N-methyl/N-ethyl adjacent to an activating group) is 1. The highest BCUT2D eigenvalue weighted by Crippen LogP contribution is 2.34. The van der Waals surface area contributed by atoms with Gasteiger partial charge in [-0.1, -0.05) is 49.4 Å². The highest BCUT2D eigenvalue weighted by Gasteiger charge is 2.27. The molecule has 0 N–H and O–H groups in total. The van der Waals surface area contributed by atoms with Crippen LogP contribution in [0.4, 0.5) is 5.13 Å². The molecule has 3 rings (SSSR count). The van der Waals surface area contributed by atoms with E-state index in [1.165, 1.54) is 28.4 Å².